The van der Waals surface area contributed by atoms with Gasteiger partial charge in [-0.1, -0.05) is 39.3 Å². The zero-order chi connectivity index (χ0) is 95.0. The van der Waals surface area contributed by atoms with Crippen molar-refractivity contribution in [3.63, 3.8) is 0 Å². The maximum atomic E-state index is 13.4. The van der Waals surface area contributed by atoms with Gasteiger partial charge < -0.3 is 24.8 Å². The second kappa shape index (κ2) is 105. The van der Waals surface area contributed by atoms with E-state index in [1.165, 1.54) is 68.1 Å². The van der Waals surface area contributed by atoms with E-state index in [1.54, 1.807) is 24.3 Å². The standard InChI is InChI=1S/C11H10FNO.C11H12N2O2.C7H4FNO.C4H7Br.I28.I27.I24/c12-11-9(6-13)2-1-3-10(11)14-7-8-4-5-8;12-11-8-2-1-3-9(10(8)15-13-11)14-6-7-4-5-7;8-7-5(4-9)2-1-3-6(7)10;5-3-4-1-2-4;1-16(2)18(5)20(7)22(9)24(11)26(13)28(15)27(14)25(12)23(10)21(8)19(6)17(3)4;1-15-17(4)19(6)21(8)23(10)25(12)27(14)26(13)24(11)22(9)20(7)18(5)16(2)3;1-14(2)16(5)18(7)20(9)22(11)24(13)23(12)21(10)19(8)17(6)15(3)4/h1-3,8H,4-5,7H2;1-3,7H,4-6H2,(H2,12,13);1-3,10H;4H,1-3H2;;;/q;;;;;-1;. The first-order valence-corrected chi connectivity index (χ1v) is 504. The molecule has 3 saturated carbocycles. The molecule has 90 heteroatoms. The minimum atomic E-state index is -0.856. The predicted molar refractivity (Wildman–Crippen MR) is 1260 cm³/mol. The van der Waals surface area contributed by atoms with Gasteiger partial charge in [0, 0.05) is 5.33 Å². The topological polar surface area (TPSA) is 138 Å². The molecule has 0 atom stereocenters. The number of nitriles is 2. The summed E-state index contributed by atoms with van der Waals surface area (Å²) in [5, 5.41) is 31.3. The number of para-hydroxylation sites is 1. The third-order valence-electron chi connectivity index (χ3n) is 9.67. The number of nitrogens with zero attached hydrogens (tertiary/aromatic N) is 3. The van der Waals surface area contributed by atoms with Crippen LogP contribution in [0.2, 0.25) is 0 Å². The molecule has 8 nitrogen and oxygen atoms in total. The van der Waals surface area contributed by atoms with Crippen molar-refractivity contribution in [2.45, 2.75) is 38.5 Å². The molecule has 784 valence electrons. The van der Waals surface area contributed by atoms with Crippen LogP contribution in [0.15, 0.2) is 59.1 Å². The number of phenols is 1. The largest absolute Gasteiger partial charge is 0.505 e. The summed E-state index contributed by atoms with van der Waals surface area (Å²) in [7, 11) is -15.8. The Balaban J connectivity index is 0.000000746. The third-order valence-corrected chi connectivity index (χ3v) is 5550. The molecule has 0 saturated heterocycles. The molecule has 7 rings (SSSR count). The zero-order valence-electron chi connectivity index (χ0n) is 53.9. The Morgan fingerprint density at radius 1 is 0.366 bits per heavy atom. The molecule has 0 amide bonds. The molecule has 3 aromatic carbocycles. The first-order chi connectivity index (χ1) is 57.1. The van der Waals surface area contributed by atoms with Crippen LogP contribution < -0.4 is 28.5 Å². The van der Waals surface area contributed by atoms with Crippen LogP contribution in [0.1, 0.15) is 49.7 Å². The number of halogens is 82. The maximum Gasteiger partial charge on any atom is 0.210 e. The summed E-state index contributed by atoms with van der Waals surface area (Å²) in [6.45, 7) is 1.32. The summed E-state index contributed by atoms with van der Waals surface area (Å²) in [4.78, 5) is 0. The molecular weight excluding hydrogens is 10700 g/mol. The smallest absolute Gasteiger partial charge is 0.210 e. The van der Waals surface area contributed by atoms with Gasteiger partial charge in [0.1, 0.15) is 12.1 Å². The van der Waals surface area contributed by atoms with Crippen molar-refractivity contribution < 1.29 is 41.1 Å². The normalized spacial score (nSPS) is 17.0. The average Bonchev–Trinajstić information content (AvgIpc) is 1.60. The Morgan fingerprint density at radius 2 is 0.602 bits per heavy atom. The van der Waals surface area contributed by atoms with Crippen molar-refractivity contribution in [2.75, 3.05) is 24.3 Å². The molecule has 4 aromatic rings. The van der Waals surface area contributed by atoms with Crippen molar-refractivity contribution in [1.29, 1.82) is 10.5 Å². The summed E-state index contributed by atoms with van der Waals surface area (Å²) in [5.41, 5.74) is 6.20. The summed E-state index contributed by atoms with van der Waals surface area (Å²) in [6.07, 6.45) is 7.80. The van der Waals surface area contributed by atoms with Crippen molar-refractivity contribution >= 4 is 1100 Å². The summed E-state index contributed by atoms with van der Waals surface area (Å²) in [5.74, 6) is 1.82. The molecular formula is C33H33BrF2I79N4O4-. The first-order valence-electron chi connectivity index (χ1n) is 25.2. The predicted octanol–water partition coefficient (Wildman–Crippen LogP) is 74.0. The van der Waals surface area contributed by atoms with E-state index < -0.39 is 286 Å². The van der Waals surface area contributed by atoms with Crippen molar-refractivity contribution in [3.05, 3.63) is 77.4 Å². The zero-order valence-corrected chi connectivity index (χ0v) is 226. The average molecular weight is 10700 g/mol. The monoisotopic (exact) mass is 10700 g/mol. The number of nitrogen functional groups attached to an aromatic ring is 1. The molecule has 3 N–H and O–H groups in total. The van der Waals surface area contributed by atoms with Crippen LogP contribution >= 0.6 is 1080 Å². The van der Waals surface area contributed by atoms with E-state index in [4.69, 9.17) is 35.4 Å². The minimum Gasteiger partial charge on any atom is -0.505 e. The van der Waals surface area contributed by atoms with Gasteiger partial charge in [0.15, 0.2) is 34.7 Å². The Labute approximate surface area is 1280 Å². The van der Waals surface area contributed by atoms with E-state index in [9.17, 15) is 8.78 Å². The number of nitrogens with two attached hydrogens (primary N) is 1. The molecule has 0 unspecified atom stereocenters. The fourth-order valence-electron chi connectivity index (χ4n) is 4.58. The fraction of sp³-hybridized carbons (Fsp3) is 0.364. The quantitative estimate of drug-likeness (QED) is 0.0331. The van der Waals surface area contributed by atoms with Crippen LogP contribution in [0, 0.1) is 52.1 Å². The van der Waals surface area contributed by atoms with E-state index >= 15 is 0 Å². The van der Waals surface area contributed by atoms with Gasteiger partial charge in [-0.2, -0.15) is 10.5 Å². The molecule has 3 aliphatic carbocycles. The number of benzene rings is 3. The van der Waals surface area contributed by atoms with Gasteiger partial charge in [-0.3, -0.25) is 0 Å². The second-order valence-electron chi connectivity index (χ2n) is 16.7. The Bertz CT molecular complexity index is 3590. The van der Waals surface area contributed by atoms with E-state index in [0.717, 1.165) is 29.6 Å². The van der Waals surface area contributed by atoms with Crippen LogP contribution in [0.4, 0.5) is 14.6 Å². The minimum absolute atomic E-state index is 0.0401. The summed E-state index contributed by atoms with van der Waals surface area (Å²) < 4.78 is 42.0. The number of aromatic hydroxyl groups is 1. The third kappa shape index (κ3) is 76.0. The van der Waals surface area contributed by atoms with Crippen molar-refractivity contribution in [3.8, 4) is 29.4 Å². The van der Waals surface area contributed by atoms with Gasteiger partial charge >= 0.3 is 1080 Å². The molecule has 3 aliphatic rings. The number of anilines is 1. The molecule has 0 bridgehead atoms. The number of rotatable bonds is 41. The number of hydrogen-bond acceptors (Lipinski definition) is 8. The van der Waals surface area contributed by atoms with Gasteiger partial charge in [0.05, 0.1) is 29.7 Å². The van der Waals surface area contributed by atoms with Crippen molar-refractivity contribution in [1.82, 2.24) is 5.16 Å². The fourth-order valence-corrected chi connectivity index (χ4v) is 12800. The SMILES string of the molecule is BrCC1CC1.II(I)I(I)I(I)I(I)I(I)I(I)I(I)I(I)I(I)I(I)I(I)I.II(I)I(I)I(I)I(I)I(I)I(I)I(I)I(I)I(I)I(I)I(I)I(I)I(I)I.I[I-]I(I)I(I)I(I)I(I)I(I)I(I)I(I)I(I)I(I)I(I)I(I)I(I)I.N#Cc1cccc(O)c1F.N#Cc1cccc(OCC2CC2)c1F.Nc1noc2c(OCC3CC3)cccc12. The Kier molecular flexibility index (Phi) is 149. The summed E-state index contributed by atoms with van der Waals surface area (Å²) >= 11 is 135. The van der Waals surface area contributed by atoms with E-state index in [1.807, 2.05) is 18.2 Å². The van der Waals surface area contributed by atoms with Crippen LogP contribution in [0.3, 0.4) is 0 Å². The number of fused-ring (bicyclic) bond motifs is 1. The van der Waals surface area contributed by atoms with E-state index in [-0.39, 0.29) is 32.7 Å². The Morgan fingerprint density at radius 3 is 0.837 bits per heavy atom. The van der Waals surface area contributed by atoms with Crippen LogP contribution in [0.25, 0.3) is 11.0 Å². The molecule has 0 spiro atoms. The summed E-state index contributed by atoms with van der Waals surface area (Å²) in [6, 6.07) is 17.6. The van der Waals surface area contributed by atoms with Crippen LogP contribution in [0.5, 0.6) is 17.2 Å². The van der Waals surface area contributed by atoms with Gasteiger partial charge in [-0.05, 0) is 92.7 Å². The number of hydrogen-bond donors (Lipinski definition) is 2. The molecule has 123 heavy (non-hydrogen) atoms. The van der Waals surface area contributed by atoms with Gasteiger partial charge in [-0.25, -0.2) is 8.78 Å². The van der Waals surface area contributed by atoms with E-state index in [2.05, 4.69) is 803 Å². The van der Waals surface area contributed by atoms with Crippen LogP contribution in [-0.4, -0.2) is 28.8 Å². The van der Waals surface area contributed by atoms with Gasteiger partial charge in [0.25, 0.3) is 0 Å². The molecule has 1 aromatic heterocycles. The Hall–Kier alpha value is 53.3. The van der Waals surface area contributed by atoms with Crippen LogP contribution in [-0.2, 0) is 0 Å². The second-order valence-corrected chi connectivity index (χ2v) is 1790. The number of ether oxygens (including phenoxy) is 2. The molecule has 0 aliphatic heterocycles. The number of alkyl halides is 1. The number of aromatic nitrogens is 1. The molecule has 1 heterocycles. The van der Waals surface area contributed by atoms with Crippen molar-refractivity contribution in [2.24, 2.45) is 17.8 Å². The number of phenolic OH excluding ortho intramolecular Hbond substituents is 1. The molecule has 0 radical (unpaired) electrons. The maximum absolute atomic E-state index is 13.4. The van der Waals surface area contributed by atoms with Gasteiger partial charge in [-0.15, -0.1) is 0 Å². The van der Waals surface area contributed by atoms with E-state index in [0.29, 0.717) is 37.2 Å². The van der Waals surface area contributed by atoms with Gasteiger partial charge in [0.2, 0.25) is 5.58 Å². The first kappa shape index (κ1) is 174. The molecule has 3 fully saturated rings.